The molecule has 84 valence electrons. The van der Waals surface area contributed by atoms with Crippen molar-refractivity contribution in [2.24, 2.45) is 5.92 Å². The summed E-state index contributed by atoms with van der Waals surface area (Å²) >= 11 is -2.17. The summed E-state index contributed by atoms with van der Waals surface area (Å²) in [4.78, 5) is 11.3. The fourth-order valence-corrected chi connectivity index (χ4v) is 1.65. The molecule has 0 aliphatic carbocycles. The number of carbonyl (C=O) groups excluding carboxylic acids is 1. The Balaban J connectivity index is 3.85. The van der Waals surface area contributed by atoms with Crippen LogP contribution in [0, 0.1) is 5.92 Å². The van der Waals surface area contributed by atoms with Crippen molar-refractivity contribution in [1.82, 2.24) is 0 Å². The molecule has 0 aromatic rings. The van der Waals surface area contributed by atoms with Crippen LogP contribution in [0.25, 0.3) is 0 Å². The Labute approximate surface area is 87.3 Å². The molecule has 0 saturated carbocycles. The van der Waals surface area contributed by atoms with Crippen LogP contribution >= 0.6 is 0 Å². The van der Waals surface area contributed by atoms with Crippen molar-refractivity contribution in [1.29, 1.82) is 0 Å². The van der Waals surface area contributed by atoms with Crippen molar-refractivity contribution in [3.05, 3.63) is 0 Å². The summed E-state index contributed by atoms with van der Waals surface area (Å²) in [5, 5.41) is 0. The van der Waals surface area contributed by atoms with Crippen molar-refractivity contribution >= 4 is 17.0 Å². The third kappa shape index (κ3) is 6.10. The number of esters is 1. The highest BCUT2D eigenvalue weighted by Crippen LogP contribution is 2.07. The number of hydrogen-bond acceptors (Lipinski definition) is 4. The van der Waals surface area contributed by atoms with Gasteiger partial charge in [-0.15, -0.1) is 0 Å². The molecule has 0 spiro atoms. The Morgan fingerprint density at radius 1 is 1.50 bits per heavy atom. The summed E-state index contributed by atoms with van der Waals surface area (Å²) in [5.74, 6) is -1.04. The molecule has 0 saturated heterocycles. The molecule has 0 aromatic heterocycles. The lowest BCUT2D eigenvalue weighted by molar-refractivity contribution is -0.148. The Morgan fingerprint density at radius 3 is 2.57 bits per heavy atom. The second-order valence-electron chi connectivity index (χ2n) is 3.10. The summed E-state index contributed by atoms with van der Waals surface area (Å²) < 4.78 is 25.7. The van der Waals surface area contributed by atoms with E-state index in [0.717, 1.165) is 12.8 Å². The second kappa shape index (κ2) is 7.94. The zero-order valence-corrected chi connectivity index (χ0v) is 9.47. The number of unbranched alkanes of at least 4 members (excludes halogenated alkanes) is 1. The van der Waals surface area contributed by atoms with Gasteiger partial charge in [0.2, 0.25) is 0 Å². The van der Waals surface area contributed by atoms with Crippen LogP contribution in [0.5, 0.6) is 0 Å². The minimum absolute atomic E-state index is 0.137. The maximum absolute atomic E-state index is 11.3. The summed E-state index contributed by atoms with van der Waals surface area (Å²) in [5.41, 5.74) is 0. The molecule has 0 fully saturated rings. The molecule has 14 heavy (non-hydrogen) atoms. The van der Waals surface area contributed by atoms with Gasteiger partial charge in [0.1, 0.15) is 0 Å². The van der Waals surface area contributed by atoms with Gasteiger partial charge in [0.25, 0.3) is 0 Å². The maximum atomic E-state index is 11.3. The first-order valence-corrected chi connectivity index (χ1v) is 6.08. The molecule has 0 aliphatic heterocycles. The van der Waals surface area contributed by atoms with Gasteiger partial charge in [-0.1, -0.05) is 31.3 Å². The van der Waals surface area contributed by atoms with Crippen molar-refractivity contribution in [2.75, 3.05) is 12.4 Å². The Kier molecular flexibility index (Phi) is 7.70. The predicted molar refractivity (Wildman–Crippen MR) is 53.4 cm³/mol. The van der Waals surface area contributed by atoms with E-state index in [0.29, 0.717) is 13.0 Å². The van der Waals surface area contributed by atoms with Crippen LogP contribution in [0.2, 0.25) is 0 Å². The molecule has 2 unspecified atom stereocenters. The number of ether oxygens (including phenoxy) is 1. The quantitative estimate of drug-likeness (QED) is 0.368. The van der Waals surface area contributed by atoms with Crippen LogP contribution in [0.3, 0.4) is 0 Å². The van der Waals surface area contributed by atoms with Gasteiger partial charge in [-0.25, -0.2) is 0 Å². The fourth-order valence-electron chi connectivity index (χ4n) is 0.952. The summed E-state index contributed by atoms with van der Waals surface area (Å²) in [6.45, 7) is 4.16. The van der Waals surface area contributed by atoms with Gasteiger partial charge >= 0.3 is 5.97 Å². The van der Waals surface area contributed by atoms with Crippen LogP contribution in [-0.2, 0) is 20.6 Å². The van der Waals surface area contributed by atoms with E-state index in [1.165, 1.54) is 0 Å². The molecular weight excluding hydrogens is 204 g/mol. The maximum Gasteiger partial charge on any atom is 0.309 e. The normalized spacial score (nSPS) is 14.8. The first-order valence-electron chi connectivity index (χ1n) is 4.84. The minimum Gasteiger partial charge on any atom is -0.772 e. The van der Waals surface area contributed by atoms with Crippen molar-refractivity contribution in [2.45, 2.75) is 33.1 Å². The Morgan fingerprint density at radius 2 is 2.14 bits per heavy atom. The van der Waals surface area contributed by atoms with E-state index in [1.54, 1.807) is 6.92 Å². The molecule has 0 bridgehead atoms. The molecule has 2 atom stereocenters. The van der Waals surface area contributed by atoms with Crippen LogP contribution < -0.4 is 0 Å². The third-order valence-electron chi connectivity index (χ3n) is 1.91. The lowest BCUT2D eigenvalue weighted by Crippen LogP contribution is -2.23. The largest absolute Gasteiger partial charge is 0.772 e. The van der Waals surface area contributed by atoms with Crippen LogP contribution in [-0.4, -0.2) is 27.1 Å². The number of rotatable bonds is 7. The highest BCUT2D eigenvalue weighted by atomic mass is 32.2. The van der Waals surface area contributed by atoms with Crippen molar-refractivity contribution < 1.29 is 18.3 Å². The predicted octanol–water partition coefficient (Wildman–Crippen LogP) is 1.24. The SMILES string of the molecule is CCCCOC(=O)C(CC)CS(=O)[O-]. The van der Waals surface area contributed by atoms with Gasteiger partial charge in [0, 0.05) is 5.75 Å². The van der Waals surface area contributed by atoms with Crippen LogP contribution in [0.15, 0.2) is 0 Å². The fraction of sp³-hybridized carbons (Fsp3) is 0.889. The van der Waals surface area contributed by atoms with E-state index in [9.17, 15) is 13.6 Å². The van der Waals surface area contributed by atoms with Crippen molar-refractivity contribution in [3.63, 3.8) is 0 Å². The van der Waals surface area contributed by atoms with Gasteiger partial charge in [0.05, 0.1) is 12.5 Å². The number of carbonyl (C=O) groups is 1. The highest BCUT2D eigenvalue weighted by Gasteiger charge is 2.17. The lowest BCUT2D eigenvalue weighted by atomic mass is 10.1. The van der Waals surface area contributed by atoms with Gasteiger partial charge in [-0.2, -0.15) is 0 Å². The molecule has 0 amide bonds. The summed E-state index contributed by atoms with van der Waals surface area (Å²) in [7, 11) is 0. The average molecular weight is 221 g/mol. The van der Waals surface area contributed by atoms with Crippen molar-refractivity contribution in [3.8, 4) is 0 Å². The molecule has 5 heteroatoms. The average Bonchev–Trinajstić information content (AvgIpc) is 2.14. The minimum atomic E-state index is -2.17. The van der Waals surface area contributed by atoms with E-state index < -0.39 is 23.0 Å². The van der Waals surface area contributed by atoms with Gasteiger partial charge in [-0.3, -0.25) is 9.00 Å². The number of hydrogen-bond donors (Lipinski definition) is 0. The van der Waals surface area contributed by atoms with Crippen LogP contribution in [0.1, 0.15) is 33.1 Å². The first kappa shape index (κ1) is 13.6. The molecule has 0 heterocycles. The van der Waals surface area contributed by atoms with Gasteiger partial charge < -0.3 is 9.29 Å². The van der Waals surface area contributed by atoms with E-state index in [4.69, 9.17) is 4.74 Å². The summed E-state index contributed by atoms with van der Waals surface area (Å²) in [6.07, 6.45) is 2.28. The summed E-state index contributed by atoms with van der Waals surface area (Å²) in [6, 6.07) is 0. The van der Waals surface area contributed by atoms with Crippen LogP contribution in [0.4, 0.5) is 0 Å². The van der Waals surface area contributed by atoms with Gasteiger partial charge in [-0.05, 0) is 12.8 Å². The molecule has 0 N–H and O–H groups in total. The zero-order chi connectivity index (χ0) is 11.0. The zero-order valence-electron chi connectivity index (χ0n) is 8.65. The standard InChI is InChI=1S/C9H18O4S/c1-3-5-6-13-9(10)8(4-2)7-14(11)12/h8H,3-7H2,1-2H3,(H,11,12)/p-1. The van der Waals surface area contributed by atoms with E-state index in [2.05, 4.69) is 0 Å². The molecular formula is C9H17O4S-. The molecule has 0 aromatic carbocycles. The molecule has 4 nitrogen and oxygen atoms in total. The molecule has 0 rings (SSSR count). The molecule has 0 radical (unpaired) electrons. The lowest BCUT2D eigenvalue weighted by Gasteiger charge is -2.15. The topological polar surface area (TPSA) is 66.4 Å². The van der Waals surface area contributed by atoms with E-state index in [-0.39, 0.29) is 5.75 Å². The second-order valence-corrected chi connectivity index (χ2v) is 4.04. The smallest absolute Gasteiger partial charge is 0.309 e. The monoisotopic (exact) mass is 221 g/mol. The van der Waals surface area contributed by atoms with E-state index in [1.807, 2.05) is 6.92 Å². The molecule has 0 aliphatic rings. The van der Waals surface area contributed by atoms with Gasteiger partial charge in [0.15, 0.2) is 0 Å². The first-order chi connectivity index (χ1) is 6.61. The van der Waals surface area contributed by atoms with E-state index >= 15 is 0 Å². The third-order valence-corrected chi connectivity index (χ3v) is 2.58. The highest BCUT2D eigenvalue weighted by molar-refractivity contribution is 7.79. The Bertz CT molecular complexity index is 193. The Hall–Kier alpha value is -0.420.